The Hall–Kier alpha value is -1.14. The average molecular weight is 285 g/mol. The molecular formula is C14H27N3O3. The lowest BCUT2D eigenvalue weighted by Gasteiger charge is -2.39. The highest BCUT2D eigenvalue weighted by atomic mass is 16.5. The quantitative estimate of drug-likeness (QED) is 0.725. The van der Waals surface area contributed by atoms with Crippen LogP contribution < -0.4 is 11.1 Å². The van der Waals surface area contributed by atoms with Crippen LogP contribution in [-0.2, 0) is 14.3 Å². The Bertz CT molecular complexity index is 334. The van der Waals surface area contributed by atoms with Gasteiger partial charge in [0.15, 0.2) is 0 Å². The van der Waals surface area contributed by atoms with Gasteiger partial charge in [-0.15, -0.1) is 0 Å². The summed E-state index contributed by atoms with van der Waals surface area (Å²) in [6.07, 6.45) is 1.35. The number of nitrogens with zero attached hydrogens (tertiary/aromatic N) is 1. The van der Waals surface area contributed by atoms with Gasteiger partial charge in [0, 0.05) is 33.1 Å². The van der Waals surface area contributed by atoms with Crippen LogP contribution in [0.15, 0.2) is 0 Å². The van der Waals surface area contributed by atoms with E-state index in [1.165, 1.54) is 6.92 Å². The lowest BCUT2D eigenvalue weighted by atomic mass is 9.80. The second kappa shape index (κ2) is 7.59. The van der Waals surface area contributed by atoms with Crippen molar-refractivity contribution in [2.24, 2.45) is 11.1 Å². The second-order valence-electron chi connectivity index (χ2n) is 5.37. The van der Waals surface area contributed by atoms with E-state index in [-0.39, 0.29) is 17.9 Å². The Morgan fingerprint density at radius 2 is 2.05 bits per heavy atom. The van der Waals surface area contributed by atoms with E-state index in [1.54, 1.807) is 0 Å². The van der Waals surface area contributed by atoms with Crippen molar-refractivity contribution in [3.63, 3.8) is 0 Å². The molecule has 1 heterocycles. The molecule has 1 rings (SSSR count). The van der Waals surface area contributed by atoms with Crippen LogP contribution in [0, 0.1) is 5.41 Å². The summed E-state index contributed by atoms with van der Waals surface area (Å²) in [6, 6.07) is 0. The van der Waals surface area contributed by atoms with Crippen LogP contribution in [0.25, 0.3) is 0 Å². The molecule has 0 saturated carbocycles. The van der Waals surface area contributed by atoms with Crippen LogP contribution in [-0.4, -0.2) is 55.6 Å². The van der Waals surface area contributed by atoms with Crippen molar-refractivity contribution in [2.45, 2.75) is 39.7 Å². The lowest BCUT2D eigenvalue weighted by molar-refractivity contribution is -0.149. The monoisotopic (exact) mass is 285 g/mol. The molecule has 1 saturated heterocycles. The number of rotatable bonds is 6. The first kappa shape index (κ1) is 16.9. The van der Waals surface area contributed by atoms with E-state index >= 15 is 0 Å². The molecular weight excluding hydrogens is 258 g/mol. The summed E-state index contributed by atoms with van der Waals surface area (Å²) in [4.78, 5) is 25.5. The number of morpholine rings is 1. The standard InChI is InChI=1S/C14H27N3O3/c1-4-14(5-2,10-15)13(19)17-6-7-20-12(9-17)8-16-11(3)18/h12H,4-10,15H2,1-3H3,(H,16,18). The van der Waals surface area contributed by atoms with E-state index in [1.807, 2.05) is 18.7 Å². The summed E-state index contributed by atoms with van der Waals surface area (Å²) in [5.41, 5.74) is 5.37. The van der Waals surface area contributed by atoms with Gasteiger partial charge in [0.1, 0.15) is 0 Å². The molecule has 0 aromatic carbocycles. The molecule has 6 heteroatoms. The number of amides is 2. The van der Waals surface area contributed by atoms with E-state index in [0.29, 0.717) is 32.8 Å². The zero-order valence-electron chi connectivity index (χ0n) is 12.8. The first-order chi connectivity index (χ1) is 9.49. The Kier molecular flexibility index (Phi) is 6.42. The van der Waals surface area contributed by atoms with Crippen LogP contribution in [0.3, 0.4) is 0 Å². The predicted molar refractivity (Wildman–Crippen MR) is 77.1 cm³/mol. The van der Waals surface area contributed by atoms with E-state index < -0.39 is 5.41 Å². The third-order valence-electron chi connectivity index (χ3n) is 4.20. The van der Waals surface area contributed by atoms with Gasteiger partial charge in [0.25, 0.3) is 0 Å². The van der Waals surface area contributed by atoms with Gasteiger partial charge in [-0.2, -0.15) is 0 Å². The minimum Gasteiger partial charge on any atom is -0.373 e. The van der Waals surface area contributed by atoms with Gasteiger partial charge >= 0.3 is 0 Å². The highest BCUT2D eigenvalue weighted by molar-refractivity contribution is 5.83. The normalized spacial score (nSPS) is 19.8. The number of ether oxygens (including phenoxy) is 1. The SMILES string of the molecule is CCC(CC)(CN)C(=O)N1CCOC(CNC(C)=O)C1. The van der Waals surface area contributed by atoms with Crippen LogP contribution in [0.2, 0.25) is 0 Å². The molecule has 0 radical (unpaired) electrons. The summed E-state index contributed by atoms with van der Waals surface area (Å²) in [5.74, 6) is 0.0246. The molecule has 0 spiro atoms. The number of nitrogens with one attached hydrogen (secondary N) is 1. The summed E-state index contributed by atoms with van der Waals surface area (Å²) in [5, 5.41) is 2.73. The number of hydrogen-bond donors (Lipinski definition) is 2. The van der Waals surface area contributed by atoms with Crippen molar-refractivity contribution in [3.05, 3.63) is 0 Å². The molecule has 0 aromatic rings. The largest absolute Gasteiger partial charge is 0.373 e. The third kappa shape index (κ3) is 3.93. The van der Waals surface area contributed by atoms with Gasteiger partial charge in [-0.05, 0) is 12.8 Å². The van der Waals surface area contributed by atoms with Gasteiger partial charge < -0.3 is 20.7 Å². The fraction of sp³-hybridized carbons (Fsp3) is 0.857. The van der Waals surface area contributed by atoms with Gasteiger partial charge in [0.2, 0.25) is 11.8 Å². The maximum absolute atomic E-state index is 12.7. The van der Waals surface area contributed by atoms with Gasteiger partial charge in [-0.1, -0.05) is 13.8 Å². The Morgan fingerprint density at radius 3 is 2.55 bits per heavy atom. The maximum atomic E-state index is 12.7. The highest BCUT2D eigenvalue weighted by Gasteiger charge is 2.38. The molecule has 20 heavy (non-hydrogen) atoms. The average Bonchev–Trinajstić information content (AvgIpc) is 2.47. The van der Waals surface area contributed by atoms with Crippen molar-refractivity contribution < 1.29 is 14.3 Å². The van der Waals surface area contributed by atoms with Gasteiger partial charge in [-0.3, -0.25) is 9.59 Å². The smallest absolute Gasteiger partial charge is 0.230 e. The van der Waals surface area contributed by atoms with Crippen molar-refractivity contribution in [3.8, 4) is 0 Å². The second-order valence-corrected chi connectivity index (χ2v) is 5.37. The van der Waals surface area contributed by atoms with Crippen LogP contribution in [0.1, 0.15) is 33.6 Å². The molecule has 1 aliphatic heterocycles. The Labute approximate surface area is 121 Å². The number of carbonyl (C=O) groups excluding carboxylic acids is 2. The first-order valence-electron chi connectivity index (χ1n) is 7.34. The van der Waals surface area contributed by atoms with Gasteiger partial charge in [-0.25, -0.2) is 0 Å². The van der Waals surface area contributed by atoms with Crippen molar-refractivity contribution >= 4 is 11.8 Å². The Balaban J connectivity index is 2.66. The predicted octanol–water partition coefficient (Wildman–Crippen LogP) is 0.115. The van der Waals surface area contributed by atoms with Crippen LogP contribution in [0.4, 0.5) is 0 Å². The van der Waals surface area contributed by atoms with Crippen molar-refractivity contribution in [1.29, 1.82) is 0 Å². The molecule has 1 atom stereocenters. The highest BCUT2D eigenvalue weighted by Crippen LogP contribution is 2.28. The lowest BCUT2D eigenvalue weighted by Crippen LogP contribution is -2.55. The fourth-order valence-electron chi connectivity index (χ4n) is 2.55. The summed E-state index contributed by atoms with van der Waals surface area (Å²) in [7, 11) is 0. The number of carbonyl (C=O) groups is 2. The zero-order chi connectivity index (χ0) is 15.2. The molecule has 1 aliphatic rings. The minimum atomic E-state index is -0.462. The van der Waals surface area contributed by atoms with E-state index in [9.17, 15) is 9.59 Å². The van der Waals surface area contributed by atoms with E-state index in [4.69, 9.17) is 10.5 Å². The molecule has 0 aromatic heterocycles. The third-order valence-corrected chi connectivity index (χ3v) is 4.20. The summed E-state index contributed by atoms with van der Waals surface area (Å²) >= 11 is 0. The molecule has 1 unspecified atom stereocenters. The number of hydrogen-bond acceptors (Lipinski definition) is 4. The van der Waals surface area contributed by atoms with Crippen LogP contribution in [0.5, 0.6) is 0 Å². The van der Waals surface area contributed by atoms with Crippen molar-refractivity contribution in [2.75, 3.05) is 32.8 Å². The fourth-order valence-corrected chi connectivity index (χ4v) is 2.55. The molecule has 2 amide bonds. The molecule has 0 aliphatic carbocycles. The maximum Gasteiger partial charge on any atom is 0.230 e. The summed E-state index contributed by atoms with van der Waals surface area (Å²) < 4.78 is 5.58. The van der Waals surface area contributed by atoms with Crippen LogP contribution >= 0.6 is 0 Å². The van der Waals surface area contributed by atoms with E-state index in [0.717, 1.165) is 12.8 Å². The molecule has 6 nitrogen and oxygen atoms in total. The molecule has 3 N–H and O–H groups in total. The molecule has 116 valence electrons. The zero-order valence-corrected chi connectivity index (χ0v) is 12.8. The minimum absolute atomic E-state index is 0.0875. The topological polar surface area (TPSA) is 84.7 Å². The Morgan fingerprint density at radius 1 is 1.40 bits per heavy atom. The van der Waals surface area contributed by atoms with Gasteiger partial charge in [0.05, 0.1) is 18.1 Å². The molecule has 0 bridgehead atoms. The summed E-state index contributed by atoms with van der Waals surface area (Å²) in [6.45, 7) is 7.90. The van der Waals surface area contributed by atoms with E-state index in [2.05, 4.69) is 5.32 Å². The van der Waals surface area contributed by atoms with Crippen molar-refractivity contribution in [1.82, 2.24) is 10.2 Å². The number of nitrogens with two attached hydrogens (primary N) is 1. The molecule has 1 fully saturated rings. The first-order valence-corrected chi connectivity index (χ1v) is 7.34.